The SMILES string of the molecule is N[C@H]1CCCC[C@H]1Nc1nccc(Nc2ccc3scnc3c2)n1. The lowest BCUT2D eigenvalue weighted by atomic mass is 9.91. The highest BCUT2D eigenvalue weighted by molar-refractivity contribution is 7.16. The highest BCUT2D eigenvalue weighted by Gasteiger charge is 2.22. The largest absolute Gasteiger partial charge is 0.350 e. The van der Waals surface area contributed by atoms with E-state index >= 15 is 0 Å². The predicted octanol–water partition coefficient (Wildman–Crippen LogP) is 3.51. The molecule has 2 aromatic heterocycles. The highest BCUT2D eigenvalue weighted by Crippen LogP contribution is 2.24. The minimum atomic E-state index is 0.172. The van der Waals surface area contributed by atoms with Crippen LogP contribution in [-0.4, -0.2) is 27.0 Å². The number of nitrogens with two attached hydrogens (primary N) is 1. The maximum Gasteiger partial charge on any atom is 0.224 e. The summed E-state index contributed by atoms with van der Waals surface area (Å²) in [7, 11) is 0. The van der Waals surface area contributed by atoms with Crippen LogP contribution in [-0.2, 0) is 0 Å². The summed E-state index contributed by atoms with van der Waals surface area (Å²) in [6.07, 6.45) is 6.30. The summed E-state index contributed by atoms with van der Waals surface area (Å²) in [6.45, 7) is 0. The summed E-state index contributed by atoms with van der Waals surface area (Å²) in [6, 6.07) is 8.41. The van der Waals surface area contributed by atoms with Gasteiger partial charge < -0.3 is 16.4 Å². The van der Waals surface area contributed by atoms with Crippen LogP contribution < -0.4 is 16.4 Å². The first-order chi connectivity index (χ1) is 11.8. The minimum Gasteiger partial charge on any atom is -0.350 e. The smallest absolute Gasteiger partial charge is 0.224 e. The Morgan fingerprint density at radius 3 is 2.96 bits per heavy atom. The van der Waals surface area contributed by atoms with Gasteiger partial charge in [-0.1, -0.05) is 12.8 Å². The van der Waals surface area contributed by atoms with E-state index in [0.29, 0.717) is 5.95 Å². The van der Waals surface area contributed by atoms with Crippen molar-refractivity contribution in [1.29, 1.82) is 0 Å². The number of nitrogens with one attached hydrogen (secondary N) is 2. The summed E-state index contributed by atoms with van der Waals surface area (Å²) < 4.78 is 1.18. The van der Waals surface area contributed by atoms with Crippen molar-refractivity contribution in [2.75, 3.05) is 10.6 Å². The van der Waals surface area contributed by atoms with Gasteiger partial charge in [0.15, 0.2) is 0 Å². The van der Waals surface area contributed by atoms with E-state index in [1.807, 2.05) is 23.7 Å². The average Bonchev–Trinajstić information content (AvgIpc) is 3.05. The van der Waals surface area contributed by atoms with Crippen LogP contribution in [0.25, 0.3) is 10.2 Å². The molecule has 2 heterocycles. The first kappa shape index (κ1) is 15.3. The lowest BCUT2D eigenvalue weighted by Gasteiger charge is -2.29. The molecule has 1 aromatic carbocycles. The summed E-state index contributed by atoms with van der Waals surface area (Å²) in [5.41, 5.74) is 10.0. The molecule has 6 nitrogen and oxygen atoms in total. The van der Waals surface area contributed by atoms with Gasteiger partial charge in [0.1, 0.15) is 5.82 Å². The maximum absolute atomic E-state index is 6.19. The molecule has 0 unspecified atom stereocenters. The Bertz CT molecular complexity index is 833. The quantitative estimate of drug-likeness (QED) is 0.673. The van der Waals surface area contributed by atoms with Crippen LogP contribution in [0.4, 0.5) is 17.5 Å². The molecule has 7 heteroatoms. The first-order valence-electron chi connectivity index (χ1n) is 8.23. The average molecular weight is 340 g/mol. The number of thiazole rings is 1. The van der Waals surface area contributed by atoms with E-state index in [9.17, 15) is 0 Å². The normalized spacial score (nSPS) is 20.9. The molecule has 2 atom stereocenters. The third-order valence-electron chi connectivity index (χ3n) is 4.39. The van der Waals surface area contributed by atoms with E-state index in [-0.39, 0.29) is 12.1 Å². The monoisotopic (exact) mass is 340 g/mol. The number of rotatable bonds is 4. The molecule has 0 bridgehead atoms. The zero-order valence-corrected chi connectivity index (χ0v) is 14.1. The molecule has 124 valence electrons. The molecule has 0 aliphatic heterocycles. The maximum atomic E-state index is 6.19. The van der Waals surface area contributed by atoms with Crippen molar-refractivity contribution in [2.45, 2.75) is 37.8 Å². The molecule has 24 heavy (non-hydrogen) atoms. The Balaban J connectivity index is 1.49. The second-order valence-electron chi connectivity index (χ2n) is 6.12. The van der Waals surface area contributed by atoms with E-state index in [1.54, 1.807) is 17.5 Å². The number of fused-ring (bicyclic) bond motifs is 1. The molecule has 1 saturated carbocycles. The van der Waals surface area contributed by atoms with Crippen LogP contribution in [0, 0.1) is 0 Å². The van der Waals surface area contributed by atoms with Gasteiger partial charge in [0.2, 0.25) is 5.95 Å². The van der Waals surface area contributed by atoms with Gasteiger partial charge in [-0.2, -0.15) is 4.98 Å². The molecule has 1 aliphatic rings. The summed E-state index contributed by atoms with van der Waals surface area (Å²) >= 11 is 1.64. The van der Waals surface area contributed by atoms with E-state index in [0.717, 1.165) is 29.9 Å². The second-order valence-corrected chi connectivity index (χ2v) is 7.01. The Kier molecular flexibility index (Phi) is 4.27. The van der Waals surface area contributed by atoms with Crippen molar-refractivity contribution < 1.29 is 0 Å². The standard InChI is InChI=1S/C17H20N6S/c18-12-3-1-2-4-13(12)22-17-19-8-7-16(23-17)21-11-5-6-15-14(9-11)20-10-24-15/h5-10,12-13H,1-4,18H2,(H2,19,21,22,23)/t12-,13+/m0/s1. The van der Waals surface area contributed by atoms with Crippen molar-refractivity contribution >= 4 is 39.0 Å². The molecule has 0 spiro atoms. The fourth-order valence-corrected chi connectivity index (χ4v) is 3.74. The van der Waals surface area contributed by atoms with E-state index in [4.69, 9.17) is 5.73 Å². The van der Waals surface area contributed by atoms with E-state index < -0.39 is 0 Å². The summed E-state index contributed by atoms with van der Waals surface area (Å²) in [4.78, 5) is 13.2. The Morgan fingerprint density at radius 1 is 1.12 bits per heavy atom. The zero-order chi connectivity index (χ0) is 16.4. The Morgan fingerprint density at radius 2 is 2.04 bits per heavy atom. The van der Waals surface area contributed by atoms with Crippen LogP contribution in [0.1, 0.15) is 25.7 Å². The lowest BCUT2D eigenvalue weighted by Crippen LogP contribution is -2.42. The van der Waals surface area contributed by atoms with Crippen LogP contribution in [0.3, 0.4) is 0 Å². The number of aromatic nitrogens is 3. The van der Waals surface area contributed by atoms with Crippen LogP contribution in [0.15, 0.2) is 36.0 Å². The molecule has 3 aromatic rings. The molecule has 1 aliphatic carbocycles. The van der Waals surface area contributed by atoms with Gasteiger partial charge in [-0.15, -0.1) is 11.3 Å². The fourth-order valence-electron chi connectivity index (χ4n) is 3.09. The summed E-state index contributed by atoms with van der Waals surface area (Å²) in [5, 5.41) is 6.70. The highest BCUT2D eigenvalue weighted by atomic mass is 32.1. The Hall–Kier alpha value is -2.25. The van der Waals surface area contributed by atoms with Gasteiger partial charge in [0.05, 0.1) is 15.7 Å². The predicted molar refractivity (Wildman–Crippen MR) is 98.8 cm³/mol. The van der Waals surface area contributed by atoms with Crippen LogP contribution in [0.5, 0.6) is 0 Å². The van der Waals surface area contributed by atoms with Gasteiger partial charge in [-0.25, -0.2) is 9.97 Å². The van der Waals surface area contributed by atoms with Crippen LogP contribution in [0.2, 0.25) is 0 Å². The Labute approximate surface area is 144 Å². The number of hydrogen-bond acceptors (Lipinski definition) is 7. The van der Waals surface area contributed by atoms with Gasteiger partial charge >= 0.3 is 0 Å². The molecule has 0 radical (unpaired) electrons. The lowest BCUT2D eigenvalue weighted by molar-refractivity contribution is 0.402. The number of hydrogen-bond donors (Lipinski definition) is 3. The van der Waals surface area contributed by atoms with E-state index in [1.165, 1.54) is 17.5 Å². The third-order valence-corrected chi connectivity index (χ3v) is 5.20. The van der Waals surface area contributed by atoms with Gasteiger partial charge in [-0.05, 0) is 37.1 Å². The molecule has 4 rings (SSSR count). The van der Waals surface area contributed by atoms with Crippen molar-refractivity contribution in [2.24, 2.45) is 5.73 Å². The molecule has 1 fully saturated rings. The van der Waals surface area contributed by atoms with E-state index in [2.05, 4.69) is 31.7 Å². The molecule has 4 N–H and O–H groups in total. The minimum absolute atomic E-state index is 0.172. The van der Waals surface area contributed by atoms with Crippen LogP contribution >= 0.6 is 11.3 Å². The van der Waals surface area contributed by atoms with Gasteiger partial charge in [0, 0.05) is 24.0 Å². The zero-order valence-electron chi connectivity index (χ0n) is 13.3. The third kappa shape index (κ3) is 3.32. The summed E-state index contributed by atoms with van der Waals surface area (Å²) in [5.74, 6) is 1.38. The van der Waals surface area contributed by atoms with Crippen molar-refractivity contribution in [3.05, 3.63) is 36.0 Å². The van der Waals surface area contributed by atoms with Gasteiger partial charge in [0.25, 0.3) is 0 Å². The van der Waals surface area contributed by atoms with Crippen molar-refractivity contribution in [1.82, 2.24) is 15.0 Å². The molecule has 0 saturated heterocycles. The van der Waals surface area contributed by atoms with Gasteiger partial charge in [-0.3, -0.25) is 0 Å². The topological polar surface area (TPSA) is 88.8 Å². The first-order valence-corrected chi connectivity index (χ1v) is 9.11. The number of anilines is 3. The van der Waals surface area contributed by atoms with Crippen molar-refractivity contribution in [3.8, 4) is 0 Å². The molecular formula is C17H20N6S. The van der Waals surface area contributed by atoms with Crippen molar-refractivity contribution in [3.63, 3.8) is 0 Å². The molecular weight excluding hydrogens is 320 g/mol. The number of benzene rings is 1. The number of nitrogens with zero attached hydrogens (tertiary/aromatic N) is 3. The fraction of sp³-hybridized carbons (Fsp3) is 0.353. The second kappa shape index (κ2) is 6.70. The molecule has 0 amide bonds.